The molecule has 0 aliphatic rings. The summed E-state index contributed by atoms with van der Waals surface area (Å²) in [5.74, 6) is 0.536. The molecule has 1 aromatic carbocycles. The van der Waals surface area contributed by atoms with Crippen molar-refractivity contribution in [2.75, 3.05) is 0 Å². The molecule has 0 aliphatic carbocycles. The Hall–Kier alpha value is -1.19. The second kappa shape index (κ2) is 5.85. The highest BCUT2D eigenvalue weighted by Crippen LogP contribution is 2.41. The molecule has 0 bridgehead atoms. The molecule has 0 saturated carbocycles. The molecule has 19 heavy (non-hydrogen) atoms. The van der Waals surface area contributed by atoms with Gasteiger partial charge in [0.05, 0.1) is 11.0 Å². The Morgan fingerprint density at radius 1 is 1.47 bits per heavy atom. The normalized spacial score (nSPS) is 12.2. The van der Waals surface area contributed by atoms with Crippen molar-refractivity contribution in [1.82, 2.24) is 0 Å². The summed E-state index contributed by atoms with van der Waals surface area (Å²) in [6, 6.07) is 8.57. The summed E-state index contributed by atoms with van der Waals surface area (Å²) < 4.78 is 6.52. The van der Waals surface area contributed by atoms with Crippen molar-refractivity contribution in [1.29, 1.82) is 0 Å². The van der Waals surface area contributed by atoms with E-state index in [0.717, 1.165) is 14.9 Å². The largest absolute Gasteiger partial charge is 0.440 e. The van der Waals surface area contributed by atoms with E-state index in [1.807, 2.05) is 12.1 Å². The van der Waals surface area contributed by atoms with Crippen LogP contribution in [0.2, 0.25) is 0 Å². The monoisotopic (exact) mass is 391 g/mol. The van der Waals surface area contributed by atoms with Crippen LogP contribution in [0.5, 0.6) is 10.8 Å². The maximum absolute atomic E-state index is 11.0. The molecule has 2 rings (SSSR count). The summed E-state index contributed by atoms with van der Waals surface area (Å²) in [5.41, 5.74) is -0.125. The van der Waals surface area contributed by atoms with Crippen LogP contribution in [0.3, 0.4) is 0 Å². The van der Waals surface area contributed by atoms with Crippen molar-refractivity contribution in [3.05, 3.63) is 48.9 Å². The van der Waals surface area contributed by atoms with Crippen LogP contribution in [0.1, 0.15) is 17.9 Å². The average molecular weight is 391 g/mol. The predicted molar refractivity (Wildman–Crippen MR) is 80.8 cm³/mol. The van der Waals surface area contributed by atoms with E-state index in [2.05, 4.69) is 22.6 Å². The van der Waals surface area contributed by atoms with Crippen molar-refractivity contribution in [3.8, 4) is 10.8 Å². The van der Waals surface area contributed by atoms with Crippen LogP contribution in [0.25, 0.3) is 0 Å². The van der Waals surface area contributed by atoms with Gasteiger partial charge in [-0.2, -0.15) is 0 Å². The van der Waals surface area contributed by atoms with Crippen LogP contribution in [0, 0.1) is 13.7 Å². The summed E-state index contributed by atoms with van der Waals surface area (Å²) in [6.45, 7) is 1.56. The molecule has 0 radical (unpaired) electrons. The molecule has 1 N–H and O–H groups in total. The smallest absolute Gasteiger partial charge is 0.323 e. The quantitative estimate of drug-likeness (QED) is 0.484. The van der Waals surface area contributed by atoms with E-state index in [0.29, 0.717) is 10.6 Å². The van der Waals surface area contributed by atoms with Crippen molar-refractivity contribution in [2.24, 2.45) is 0 Å². The maximum Gasteiger partial charge on any atom is 0.323 e. The van der Waals surface area contributed by atoms with Gasteiger partial charge in [-0.05, 0) is 47.7 Å². The molecule has 5 nitrogen and oxygen atoms in total. The van der Waals surface area contributed by atoms with Gasteiger partial charge in [0.2, 0.25) is 0 Å². The van der Waals surface area contributed by atoms with Gasteiger partial charge >= 0.3 is 5.69 Å². The Morgan fingerprint density at radius 3 is 2.79 bits per heavy atom. The second-order valence-corrected chi connectivity index (χ2v) is 6.11. The Bertz CT molecular complexity index is 612. The van der Waals surface area contributed by atoms with Crippen LogP contribution in [-0.2, 0) is 0 Å². The maximum atomic E-state index is 11.0. The molecule has 0 unspecified atom stereocenters. The highest BCUT2D eigenvalue weighted by molar-refractivity contribution is 14.1. The lowest BCUT2D eigenvalue weighted by Crippen LogP contribution is -1.89. The molecule has 0 saturated heterocycles. The molecular formula is C12H10INO4S. The Kier molecular flexibility index (Phi) is 4.38. The minimum Gasteiger partial charge on any atom is -0.440 e. The van der Waals surface area contributed by atoms with Crippen LogP contribution in [0.4, 0.5) is 5.69 Å². The molecule has 0 fully saturated rings. The number of halogens is 1. The molecule has 7 heteroatoms. The van der Waals surface area contributed by atoms with Gasteiger partial charge in [-0.1, -0.05) is 17.4 Å². The van der Waals surface area contributed by atoms with E-state index in [9.17, 15) is 15.2 Å². The van der Waals surface area contributed by atoms with E-state index in [1.165, 1.54) is 6.07 Å². The lowest BCUT2D eigenvalue weighted by molar-refractivity contribution is -0.385. The van der Waals surface area contributed by atoms with E-state index < -0.39 is 11.0 Å². The molecule has 100 valence electrons. The first-order valence-electron chi connectivity index (χ1n) is 5.37. The van der Waals surface area contributed by atoms with Crippen LogP contribution >= 0.6 is 33.9 Å². The number of thiophene rings is 1. The predicted octanol–water partition coefficient (Wildman–Crippen LogP) is 4.11. The summed E-state index contributed by atoms with van der Waals surface area (Å²) in [6.07, 6.45) is -0.753. The molecule has 0 amide bonds. The molecular weight excluding hydrogens is 381 g/mol. The fourth-order valence-corrected chi connectivity index (χ4v) is 2.87. The number of hydrogen-bond acceptors (Lipinski definition) is 5. The average Bonchev–Trinajstić information content (AvgIpc) is 2.73. The zero-order valence-electron chi connectivity index (χ0n) is 9.87. The molecule has 0 aliphatic heterocycles. The van der Waals surface area contributed by atoms with Crippen molar-refractivity contribution < 1.29 is 14.8 Å². The lowest BCUT2D eigenvalue weighted by atomic mass is 10.3. The zero-order chi connectivity index (χ0) is 14.0. The molecule has 1 atom stereocenters. The summed E-state index contributed by atoms with van der Waals surface area (Å²) in [4.78, 5) is 11.0. The first-order chi connectivity index (χ1) is 8.97. The zero-order valence-corrected chi connectivity index (χ0v) is 12.8. The first-order valence-corrected chi connectivity index (χ1v) is 7.26. The van der Waals surface area contributed by atoms with Crippen molar-refractivity contribution in [2.45, 2.75) is 13.0 Å². The van der Waals surface area contributed by atoms with Gasteiger partial charge in [-0.25, -0.2) is 0 Å². The van der Waals surface area contributed by atoms with Gasteiger partial charge in [0.15, 0.2) is 0 Å². The van der Waals surface area contributed by atoms with Crippen LogP contribution < -0.4 is 4.74 Å². The SMILES string of the molecule is C[C@H](O)c1cc([N+](=O)[O-])c(Oc2cccc(I)c2)s1. The number of nitrogens with zero attached hydrogens (tertiary/aromatic N) is 1. The topological polar surface area (TPSA) is 72.6 Å². The third kappa shape index (κ3) is 3.43. The van der Waals surface area contributed by atoms with Crippen LogP contribution in [0.15, 0.2) is 30.3 Å². The highest BCUT2D eigenvalue weighted by Gasteiger charge is 2.23. The summed E-state index contributed by atoms with van der Waals surface area (Å²) in [5, 5.41) is 20.6. The van der Waals surface area contributed by atoms with Crippen molar-refractivity contribution in [3.63, 3.8) is 0 Å². The Morgan fingerprint density at radius 2 is 2.21 bits per heavy atom. The van der Waals surface area contributed by atoms with Crippen LogP contribution in [-0.4, -0.2) is 10.0 Å². The second-order valence-electron chi connectivity index (χ2n) is 3.81. The number of aliphatic hydroxyl groups excluding tert-OH is 1. The number of hydrogen-bond donors (Lipinski definition) is 1. The molecule has 1 heterocycles. The minimum atomic E-state index is -0.753. The third-order valence-electron chi connectivity index (χ3n) is 2.31. The van der Waals surface area contributed by atoms with E-state index >= 15 is 0 Å². The number of aliphatic hydroxyl groups is 1. The van der Waals surface area contributed by atoms with Gasteiger partial charge in [0.1, 0.15) is 5.75 Å². The van der Waals surface area contributed by atoms with Gasteiger partial charge in [-0.3, -0.25) is 10.1 Å². The fraction of sp³-hybridized carbons (Fsp3) is 0.167. The summed E-state index contributed by atoms with van der Waals surface area (Å²) >= 11 is 3.22. The number of rotatable bonds is 4. The van der Waals surface area contributed by atoms with Crippen molar-refractivity contribution >= 4 is 39.6 Å². The van der Waals surface area contributed by atoms with Gasteiger partial charge < -0.3 is 9.84 Å². The molecule has 2 aromatic rings. The Labute approximate surface area is 127 Å². The fourth-order valence-electron chi connectivity index (χ4n) is 1.43. The van der Waals surface area contributed by atoms with Gasteiger partial charge in [0, 0.05) is 14.5 Å². The molecule has 0 spiro atoms. The van der Waals surface area contributed by atoms with E-state index in [-0.39, 0.29) is 10.8 Å². The summed E-state index contributed by atoms with van der Waals surface area (Å²) in [7, 11) is 0. The van der Waals surface area contributed by atoms with Gasteiger partial charge in [0.25, 0.3) is 5.06 Å². The number of benzene rings is 1. The third-order valence-corrected chi connectivity index (χ3v) is 4.16. The molecule has 1 aromatic heterocycles. The van der Waals surface area contributed by atoms with Gasteiger partial charge in [-0.15, -0.1) is 0 Å². The Balaban J connectivity index is 2.36. The minimum absolute atomic E-state index is 0.125. The standard InChI is InChI=1S/C12H10INO4S/c1-7(15)11-6-10(14(16)17)12(19-11)18-9-4-2-3-8(13)5-9/h2-7,15H,1H3/t7-/m0/s1. The first kappa shape index (κ1) is 14.2. The number of nitro groups is 1. The highest BCUT2D eigenvalue weighted by atomic mass is 127. The number of ether oxygens (including phenoxy) is 1. The lowest BCUT2D eigenvalue weighted by Gasteiger charge is -2.03. The van der Waals surface area contributed by atoms with E-state index in [1.54, 1.807) is 19.1 Å². The van der Waals surface area contributed by atoms with E-state index in [4.69, 9.17) is 4.74 Å².